The number of esters is 1. The number of carboxylic acid groups (broad SMARTS) is 1. The molecule has 1 aliphatic heterocycles. The lowest BCUT2D eigenvalue weighted by Gasteiger charge is -2.37. The Kier molecular flexibility index (Phi) is 22.3. The fourth-order valence-electron chi connectivity index (χ4n) is 6.70. The molecule has 1 aromatic carbocycles. The number of hydrogen-bond acceptors (Lipinski definition) is 10. The van der Waals surface area contributed by atoms with Crippen LogP contribution in [-0.4, -0.2) is 76.3 Å². The monoisotopic (exact) mass is 837 g/mol. The van der Waals surface area contributed by atoms with Crippen LogP contribution in [0, 0.1) is 29.5 Å². The maximum Gasteiger partial charge on any atom is 0.331 e. The van der Waals surface area contributed by atoms with Crippen molar-refractivity contribution in [3.63, 3.8) is 0 Å². The summed E-state index contributed by atoms with van der Waals surface area (Å²) in [5, 5.41) is 28.3. The summed E-state index contributed by atoms with van der Waals surface area (Å²) in [5.41, 5.74) is 3.95. The molecule has 0 saturated carbocycles. The molecule has 1 aromatic rings. The smallest absolute Gasteiger partial charge is 0.331 e. The lowest BCUT2D eigenvalue weighted by atomic mass is 9.78. The largest absolute Gasteiger partial charge is 0.548 e. The second kappa shape index (κ2) is 26.2. The third-order valence-corrected chi connectivity index (χ3v) is 10.8. The molecule has 0 spiro atoms. The van der Waals surface area contributed by atoms with E-state index in [1.807, 2.05) is 58.9 Å². The highest BCUT2D eigenvalue weighted by Crippen LogP contribution is 2.28. The number of carbonyl (C=O) groups is 6. The lowest BCUT2D eigenvalue weighted by Crippen LogP contribution is -2.63. The van der Waals surface area contributed by atoms with Crippen molar-refractivity contribution in [1.82, 2.24) is 21.1 Å². The van der Waals surface area contributed by atoms with Gasteiger partial charge < -0.3 is 35.2 Å². The van der Waals surface area contributed by atoms with Gasteiger partial charge in [0.25, 0.3) is 5.91 Å². The lowest BCUT2D eigenvalue weighted by molar-refractivity contribution is -0.310. The Balaban J connectivity index is 2.14. The van der Waals surface area contributed by atoms with E-state index in [1.165, 1.54) is 19.1 Å². The number of Topliss-reactive ketones (excluding diaryl/α,β-unsaturated/α-hetero) is 1. The molecule has 1 fully saturated rings. The number of allylic oxidation sites excluding steroid dienone is 7. The van der Waals surface area contributed by atoms with E-state index in [1.54, 1.807) is 19.9 Å². The number of ketones is 1. The average molecular weight is 838 g/mol. The van der Waals surface area contributed by atoms with Gasteiger partial charge in [-0.3, -0.25) is 19.4 Å². The third kappa shape index (κ3) is 18.4. The van der Waals surface area contributed by atoms with Gasteiger partial charge in [-0.15, -0.1) is 0 Å². The van der Waals surface area contributed by atoms with Crippen LogP contribution in [0.3, 0.4) is 0 Å². The van der Waals surface area contributed by atoms with E-state index in [-0.39, 0.29) is 73.2 Å². The Morgan fingerprint density at radius 3 is 2.32 bits per heavy atom. The van der Waals surface area contributed by atoms with Crippen LogP contribution in [0.15, 0.2) is 66.3 Å². The molecule has 2 unspecified atom stereocenters. The van der Waals surface area contributed by atoms with E-state index in [2.05, 4.69) is 22.1 Å². The van der Waals surface area contributed by atoms with Crippen LogP contribution in [0.2, 0.25) is 0 Å². The Morgan fingerprint density at radius 2 is 1.68 bits per heavy atom. The first-order valence-corrected chi connectivity index (χ1v) is 21.1. The Hall–Kier alpha value is -5.11. The predicted molar refractivity (Wildman–Crippen MR) is 226 cm³/mol. The standard InChI is InChI=1S/C46H67FN4O9/c1-9-33(7)60-41(54)21-15-18-30(4)17-13-11-10-12-14-19-31(5)34(8)38(23-22-32(6)52)43(55)49-42(29(2)3)44(56)48-40(27-35-25-36(47)28-37(53)26-35)45(57)51-24-16-20-39(50-51)46(58)59/h10-12,14-15,18,21,25-26,28-29,31,33-34,38-40,42,50,53H,9,13,16-17,19-20,22-24,27H2,1-8H3,(H,48,56)(H,49,55)(H,58,59)/p-1/b11-10+,14-12+,21-15+,30-18+/t31-,33?,34+,38+,39?,40-,42-/m0/s1. The zero-order chi connectivity index (χ0) is 44.9. The van der Waals surface area contributed by atoms with Crippen LogP contribution >= 0.6 is 0 Å². The van der Waals surface area contributed by atoms with Crippen LogP contribution in [0.1, 0.15) is 112 Å². The number of carbonyl (C=O) groups excluding carboxylic acids is 6. The second-order valence-electron chi connectivity index (χ2n) is 16.3. The van der Waals surface area contributed by atoms with Crippen LogP contribution in [0.5, 0.6) is 5.75 Å². The van der Waals surface area contributed by atoms with Gasteiger partial charge in [-0.2, -0.15) is 0 Å². The number of rotatable bonds is 24. The van der Waals surface area contributed by atoms with Crippen molar-refractivity contribution >= 4 is 35.4 Å². The molecular formula is C46H66FN4O9-. The summed E-state index contributed by atoms with van der Waals surface area (Å²) in [4.78, 5) is 77.3. The zero-order valence-corrected chi connectivity index (χ0v) is 36.5. The number of amides is 3. The summed E-state index contributed by atoms with van der Waals surface area (Å²) < 4.78 is 19.5. The normalized spacial score (nSPS) is 17.9. The van der Waals surface area contributed by atoms with Crippen molar-refractivity contribution < 1.29 is 48.1 Å². The van der Waals surface area contributed by atoms with Gasteiger partial charge in [0.1, 0.15) is 29.4 Å². The molecule has 1 saturated heterocycles. The topological polar surface area (TPSA) is 194 Å². The number of phenolic OH excluding ortho intramolecular Hbond substituents is 1. The molecule has 0 bridgehead atoms. The molecule has 4 N–H and O–H groups in total. The van der Waals surface area contributed by atoms with Crippen molar-refractivity contribution in [1.29, 1.82) is 0 Å². The number of aliphatic carboxylic acids is 1. The highest BCUT2D eigenvalue weighted by Gasteiger charge is 2.36. The molecule has 60 heavy (non-hydrogen) atoms. The first kappa shape index (κ1) is 51.0. The number of carboxylic acids is 1. The molecular weight excluding hydrogens is 772 g/mol. The number of aromatic hydroxyl groups is 1. The first-order chi connectivity index (χ1) is 28.3. The fourth-order valence-corrected chi connectivity index (χ4v) is 6.70. The maximum atomic E-state index is 14.2. The van der Waals surface area contributed by atoms with Crippen LogP contribution in [0.4, 0.5) is 4.39 Å². The van der Waals surface area contributed by atoms with Crippen molar-refractivity contribution in [3.05, 3.63) is 77.7 Å². The van der Waals surface area contributed by atoms with E-state index in [4.69, 9.17) is 4.74 Å². The molecule has 0 aromatic heterocycles. The molecule has 3 amide bonds. The molecule has 2 rings (SSSR count). The summed E-state index contributed by atoms with van der Waals surface area (Å²) >= 11 is 0. The average Bonchev–Trinajstić information content (AvgIpc) is 3.18. The summed E-state index contributed by atoms with van der Waals surface area (Å²) in [6.45, 7) is 14.9. The number of hydrogen-bond donors (Lipinski definition) is 4. The predicted octanol–water partition coefficient (Wildman–Crippen LogP) is 5.33. The zero-order valence-electron chi connectivity index (χ0n) is 36.5. The van der Waals surface area contributed by atoms with Crippen molar-refractivity contribution in [2.75, 3.05) is 6.54 Å². The summed E-state index contributed by atoms with van der Waals surface area (Å²) in [6, 6.07) is -0.281. The number of nitrogens with one attached hydrogen (secondary N) is 3. The number of phenols is 1. The second-order valence-corrected chi connectivity index (χ2v) is 16.3. The molecule has 13 nitrogen and oxygen atoms in total. The fraction of sp³-hybridized carbons (Fsp3) is 0.565. The minimum absolute atomic E-state index is 0.0270. The highest BCUT2D eigenvalue weighted by molar-refractivity contribution is 5.93. The quantitative estimate of drug-likeness (QED) is 0.0601. The van der Waals surface area contributed by atoms with Gasteiger partial charge in [0.05, 0.1) is 18.1 Å². The SMILES string of the molecule is CCC(C)OC(=O)/C=C/C=C(\C)CC/C=C/C=C/C[C@H](C)[C@@H](C)[C@@H](CCC(C)=O)C(=O)N[C@H](C(=O)N[C@@H](Cc1cc(O)cc(F)c1)C(=O)N1CCCC(C(=O)[O-])N1)C(C)C. The molecule has 0 aliphatic carbocycles. The Morgan fingerprint density at radius 1 is 0.983 bits per heavy atom. The number of ether oxygens (including phenoxy) is 1. The van der Waals surface area contributed by atoms with Crippen LogP contribution in [0.25, 0.3) is 0 Å². The molecule has 1 aliphatic rings. The maximum absolute atomic E-state index is 14.2. The van der Waals surface area contributed by atoms with Crippen molar-refractivity contribution in [2.45, 2.75) is 137 Å². The van der Waals surface area contributed by atoms with Gasteiger partial charge in [-0.05, 0) is 101 Å². The van der Waals surface area contributed by atoms with Gasteiger partial charge in [0.15, 0.2) is 0 Å². The van der Waals surface area contributed by atoms with Gasteiger partial charge >= 0.3 is 5.97 Å². The summed E-state index contributed by atoms with van der Waals surface area (Å²) in [5.74, 6) is -5.95. The minimum atomic E-state index is -1.39. The van der Waals surface area contributed by atoms with Gasteiger partial charge in [0.2, 0.25) is 11.8 Å². The van der Waals surface area contributed by atoms with Crippen molar-refractivity contribution in [2.24, 2.45) is 23.7 Å². The van der Waals surface area contributed by atoms with Gasteiger partial charge in [0, 0.05) is 37.4 Å². The summed E-state index contributed by atoms with van der Waals surface area (Å²) in [6.07, 6.45) is 16.7. The number of halogens is 1. The highest BCUT2D eigenvalue weighted by atomic mass is 19.1. The third-order valence-electron chi connectivity index (χ3n) is 10.8. The molecule has 0 radical (unpaired) electrons. The van der Waals surface area contributed by atoms with E-state index < -0.39 is 59.5 Å². The molecule has 7 atom stereocenters. The van der Waals surface area contributed by atoms with Crippen molar-refractivity contribution in [3.8, 4) is 5.75 Å². The Labute approximate surface area is 354 Å². The van der Waals surface area contributed by atoms with E-state index >= 15 is 0 Å². The number of benzene rings is 1. The molecule has 332 valence electrons. The minimum Gasteiger partial charge on any atom is -0.548 e. The van der Waals surface area contributed by atoms with Crippen LogP contribution in [-0.2, 0) is 39.9 Å². The molecule has 1 heterocycles. The first-order valence-electron chi connectivity index (χ1n) is 21.1. The van der Waals surface area contributed by atoms with Gasteiger partial charge in [-0.25, -0.2) is 14.6 Å². The van der Waals surface area contributed by atoms with Gasteiger partial charge in [-0.1, -0.05) is 76.6 Å². The summed E-state index contributed by atoms with van der Waals surface area (Å²) in [7, 11) is 0. The van der Waals surface area contributed by atoms with E-state index in [0.717, 1.165) is 42.0 Å². The Bertz CT molecular complexity index is 1720. The van der Waals surface area contributed by atoms with E-state index in [9.17, 15) is 43.4 Å². The van der Waals surface area contributed by atoms with E-state index in [0.29, 0.717) is 12.8 Å². The van der Waals surface area contributed by atoms with Crippen LogP contribution < -0.4 is 21.2 Å². The number of hydrazine groups is 1. The molecule has 14 heteroatoms. The number of nitrogens with zero attached hydrogens (tertiary/aromatic N) is 1.